The number of rotatable bonds is 4. The van der Waals surface area contributed by atoms with Gasteiger partial charge in [-0.2, -0.15) is 5.10 Å². The minimum Gasteiger partial charge on any atom is -0.349 e. The van der Waals surface area contributed by atoms with Crippen LogP contribution in [0.1, 0.15) is 35.7 Å². The summed E-state index contributed by atoms with van der Waals surface area (Å²) in [5.74, 6) is -0.439. The second kappa shape index (κ2) is 8.17. The maximum atomic E-state index is 13.3. The Hall–Kier alpha value is -2.99. The number of halogens is 1. The van der Waals surface area contributed by atoms with E-state index in [0.717, 1.165) is 30.5 Å². The average Bonchev–Trinajstić information content (AvgIpc) is 3.15. The van der Waals surface area contributed by atoms with Gasteiger partial charge in [0, 0.05) is 23.8 Å². The van der Waals surface area contributed by atoms with Crippen molar-refractivity contribution >= 4 is 5.91 Å². The zero-order valence-electron chi connectivity index (χ0n) is 16.7. The molecule has 6 heteroatoms. The summed E-state index contributed by atoms with van der Waals surface area (Å²) in [7, 11) is 0. The van der Waals surface area contributed by atoms with Crippen LogP contribution in [0.25, 0.3) is 16.9 Å². The molecule has 1 aliphatic rings. The van der Waals surface area contributed by atoms with E-state index in [1.54, 1.807) is 23.0 Å². The van der Waals surface area contributed by atoms with E-state index in [2.05, 4.69) is 22.7 Å². The molecule has 1 aromatic heterocycles. The van der Waals surface area contributed by atoms with Crippen LogP contribution >= 0.6 is 0 Å². The molecule has 0 bridgehead atoms. The minimum atomic E-state index is -0.308. The molecule has 2 heterocycles. The Morgan fingerprint density at radius 3 is 2.59 bits per heavy atom. The molecule has 2 aromatic carbocycles. The maximum Gasteiger partial charge on any atom is 0.255 e. The van der Waals surface area contributed by atoms with Crippen molar-refractivity contribution in [2.75, 3.05) is 6.54 Å². The predicted octanol–water partition coefficient (Wildman–Crippen LogP) is 3.86. The first kappa shape index (κ1) is 19.3. The van der Waals surface area contributed by atoms with Gasteiger partial charge in [0.05, 0.1) is 11.3 Å². The molecule has 0 aliphatic carbocycles. The lowest BCUT2D eigenvalue weighted by molar-refractivity contribution is 0.0926. The first-order chi connectivity index (χ1) is 14.0. The van der Waals surface area contributed by atoms with Crippen molar-refractivity contribution in [1.82, 2.24) is 20.4 Å². The molecule has 0 spiro atoms. The highest BCUT2D eigenvalue weighted by molar-refractivity contribution is 6.00. The smallest absolute Gasteiger partial charge is 0.255 e. The number of hydrogen-bond acceptors (Lipinski definition) is 3. The lowest BCUT2D eigenvalue weighted by Crippen LogP contribution is -2.46. The van der Waals surface area contributed by atoms with Crippen molar-refractivity contribution in [3.63, 3.8) is 0 Å². The molecular formula is C23H25FN4O. The van der Waals surface area contributed by atoms with E-state index in [1.165, 1.54) is 12.1 Å². The Labute approximate surface area is 169 Å². The summed E-state index contributed by atoms with van der Waals surface area (Å²) in [5, 5.41) is 11.2. The largest absolute Gasteiger partial charge is 0.349 e. The Kier molecular flexibility index (Phi) is 5.45. The van der Waals surface area contributed by atoms with Crippen LogP contribution in [0.5, 0.6) is 0 Å². The Balaban J connectivity index is 1.69. The fourth-order valence-electron chi connectivity index (χ4n) is 3.72. The van der Waals surface area contributed by atoms with Crippen molar-refractivity contribution in [1.29, 1.82) is 0 Å². The molecule has 150 valence electrons. The summed E-state index contributed by atoms with van der Waals surface area (Å²) in [4.78, 5) is 13.1. The summed E-state index contributed by atoms with van der Waals surface area (Å²) >= 11 is 0. The average molecular weight is 392 g/mol. The molecule has 1 fully saturated rings. The Bertz CT molecular complexity index is 995. The van der Waals surface area contributed by atoms with E-state index in [9.17, 15) is 9.18 Å². The van der Waals surface area contributed by atoms with Gasteiger partial charge in [-0.3, -0.25) is 4.79 Å². The summed E-state index contributed by atoms with van der Waals surface area (Å²) in [6.45, 7) is 5.04. The zero-order chi connectivity index (χ0) is 20.4. The molecule has 0 radical (unpaired) electrons. The third kappa shape index (κ3) is 4.38. The van der Waals surface area contributed by atoms with E-state index in [1.807, 2.05) is 31.2 Å². The molecule has 5 nitrogen and oxygen atoms in total. The first-order valence-electron chi connectivity index (χ1n) is 9.96. The molecule has 3 aromatic rings. The van der Waals surface area contributed by atoms with Crippen molar-refractivity contribution in [3.8, 4) is 16.9 Å². The van der Waals surface area contributed by atoms with Gasteiger partial charge in [-0.15, -0.1) is 0 Å². The van der Waals surface area contributed by atoms with E-state index >= 15 is 0 Å². The van der Waals surface area contributed by atoms with Crippen LogP contribution in [-0.4, -0.2) is 34.3 Å². The van der Waals surface area contributed by atoms with Crippen molar-refractivity contribution in [3.05, 3.63) is 71.7 Å². The SMILES string of the molecule is Cc1ccc(-c2nn(-c3ccc(F)cc3)cc2C(=O)NC2CCNC(C)C2)cc1. The fourth-order valence-corrected chi connectivity index (χ4v) is 3.72. The van der Waals surface area contributed by atoms with Crippen molar-refractivity contribution in [2.24, 2.45) is 0 Å². The zero-order valence-corrected chi connectivity index (χ0v) is 16.7. The molecule has 29 heavy (non-hydrogen) atoms. The number of aryl methyl sites for hydroxylation is 1. The van der Waals surface area contributed by atoms with Gasteiger partial charge < -0.3 is 10.6 Å². The minimum absolute atomic E-state index is 0.131. The van der Waals surface area contributed by atoms with Crippen molar-refractivity contribution in [2.45, 2.75) is 38.8 Å². The summed E-state index contributed by atoms with van der Waals surface area (Å²) in [6, 6.07) is 14.5. The molecule has 2 unspecified atom stereocenters. The number of carbonyl (C=O) groups is 1. The van der Waals surface area contributed by atoms with Gasteiger partial charge in [-0.25, -0.2) is 9.07 Å². The van der Waals surface area contributed by atoms with Gasteiger partial charge in [0.2, 0.25) is 0 Å². The standard InChI is InChI=1S/C23H25FN4O/c1-15-3-5-17(6-4-15)22-21(23(29)26-19-11-12-25-16(2)13-19)14-28(27-22)20-9-7-18(24)8-10-20/h3-10,14,16,19,25H,11-13H2,1-2H3,(H,26,29). The molecule has 1 amide bonds. The van der Waals surface area contributed by atoms with Crippen LogP contribution in [0.2, 0.25) is 0 Å². The van der Waals surface area contributed by atoms with Crippen LogP contribution < -0.4 is 10.6 Å². The number of piperidine rings is 1. The predicted molar refractivity (Wildman–Crippen MR) is 112 cm³/mol. The number of hydrogen-bond donors (Lipinski definition) is 2. The number of carbonyl (C=O) groups excluding carboxylic acids is 1. The van der Waals surface area contributed by atoms with Crippen LogP contribution in [0, 0.1) is 12.7 Å². The highest BCUT2D eigenvalue weighted by Crippen LogP contribution is 2.25. The normalized spacial score (nSPS) is 19.1. The van der Waals surface area contributed by atoms with Gasteiger partial charge in [-0.05, 0) is 57.5 Å². The third-order valence-corrected chi connectivity index (χ3v) is 5.33. The highest BCUT2D eigenvalue weighted by atomic mass is 19.1. The van der Waals surface area contributed by atoms with E-state index in [4.69, 9.17) is 0 Å². The van der Waals surface area contributed by atoms with E-state index in [0.29, 0.717) is 23.0 Å². The number of nitrogens with zero attached hydrogens (tertiary/aromatic N) is 2. The lowest BCUT2D eigenvalue weighted by atomic mass is 10.00. The van der Waals surface area contributed by atoms with Crippen molar-refractivity contribution < 1.29 is 9.18 Å². The molecule has 2 N–H and O–H groups in total. The monoisotopic (exact) mass is 392 g/mol. The summed E-state index contributed by atoms with van der Waals surface area (Å²) in [5.41, 5.74) is 3.86. The van der Waals surface area contributed by atoms with Gasteiger partial charge in [-0.1, -0.05) is 29.8 Å². The molecule has 1 aliphatic heterocycles. The topological polar surface area (TPSA) is 59.0 Å². The second-order valence-electron chi connectivity index (χ2n) is 7.73. The highest BCUT2D eigenvalue weighted by Gasteiger charge is 2.24. The van der Waals surface area contributed by atoms with E-state index in [-0.39, 0.29) is 17.8 Å². The van der Waals surface area contributed by atoms with Crippen LogP contribution in [0.15, 0.2) is 54.7 Å². The van der Waals surface area contributed by atoms with Crippen LogP contribution in [0.4, 0.5) is 4.39 Å². The van der Waals surface area contributed by atoms with Gasteiger partial charge >= 0.3 is 0 Å². The van der Waals surface area contributed by atoms with Gasteiger partial charge in [0.15, 0.2) is 0 Å². The summed E-state index contributed by atoms with van der Waals surface area (Å²) in [6.07, 6.45) is 3.53. The number of nitrogens with one attached hydrogen (secondary N) is 2. The van der Waals surface area contributed by atoms with Crippen LogP contribution in [0.3, 0.4) is 0 Å². The van der Waals surface area contributed by atoms with E-state index < -0.39 is 0 Å². The summed E-state index contributed by atoms with van der Waals surface area (Å²) < 4.78 is 14.9. The number of aromatic nitrogens is 2. The third-order valence-electron chi connectivity index (χ3n) is 5.33. The van der Waals surface area contributed by atoms with Crippen LogP contribution in [-0.2, 0) is 0 Å². The first-order valence-corrected chi connectivity index (χ1v) is 9.96. The molecule has 1 saturated heterocycles. The Morgan fingerprint density at radius 2 is 1.90 bits per heavy atom. The molecule has 0 saturated carbocycles. The molecular weight excluding hydrogens is 367 g/mol. The quantitative estimate of drug-likeness (QED) is 0.709. The van der Waals surface area contributed by atoms with Gasteiger partial charge in [0.1, 0.15) is 11.5 Å². The fraction of sp³-hybridized carbons (Fsp3) is 0.304. The second-order valence-corrected chi connectivity index (χ2v) is 7.73. The molecule has 2 atom stereocenters. The maximum absolute atomic E-state index is 13.3. The van der Waals surface area contributed by atoms with Gasteiger partial charge in [0.25, 0.3) is 5.91 Å². The number of amides is 1. The molecule has 4 rings (SSSR count). The lowest BCUT2D eigenvalue weighted by Gasteiger charge is -2.28. The Morgan fingerprint density at radius 1 is 1.17 bits per heavy atom. The number of benzene rings is 2.